The molecule has 27 heavy (non-hydrogen) atoms. The van der Waals surface area contributed by atoms with E-state index in [0.717, 1.165) is 24.8 Å². The monoisotopic (exact) mass is 374 g/mol. The Morgan fingerprint density at radius 1 is 1.26 bits per heavy atom. The molecule has 0 spiro atoms. The zero-order valence-corrected chi connectivity index (χ0v) is 15.6. The van der Waals surface area contributed by atoms with Crippen molar-refractivity contribution in [3.8, 4) is 0 Å². The molecule has 0 bridgehead atoms. The highest BCUT2D eigenvalue weighted by atomic mass is 16.2. The Bertz CT molecular complexity index is 636. The first-order chi connectivity index (χ1) is 13.0. The Kier molecular flexibility index (Phi) is 8.22. The number of benzene rings is 1. The van der Waals surface area contributed by atoms with Gasteiger partial charge in [0.15, 0.2) is 5.96 Å². The maximum atomic E-state index is 12.7. The standard InChI is InChI=1S/C19H30N6O2/c20-10-4-5-11-23-19(22)24-17(26)16-9-6-12-25(16)18(27)15(21)13-14-7-2-1-3-8-14/h1-3,7-8,15-16H,4-6,9-13,20-21H2,(H3,22,23,24,26)/t15-,16+/m1/s1. The third-order valence-corrected chi connectivity index (χ3v) is 4.64. The Morgan fingerprint density at radius 3 is 2.70 bits per heavy atom. The molecule has 0 aromatic heterocycles. The molecule has 8 heteroatoms. The van der Waals surface area contributed by atoms with Gasteiger partial charge in [-0.3, -0.25) is 20.3 Å². The number of guanidine groups is 1. The van der Waals surface area contributed by atoms with Crippen molar-refractivity contribution in [3.05, 3.63) is 35.9 Å². The third kappa shape index (κ3) is 6.33. The molecule has 0 radical (unpaired) electrons. The van der Waals surface area contributed by atoms with Crippen molar-refractivity contribution in [1.29, 1.82) is 5.41 Å². The fraction of sp³-hybridized carbons (Fsp3) is 0.526. The van der Waals surface area contributed by atoms with E-state index < -0.39 is 12.1 Å². The Morgan fingerprint density at radius 2 is 2.00 bits per heavy atom. The van der Waals surface area contributed by atoms with E-state index in [1.165, 1.54) is 0 Å². The molecule has 0 aliphatic carbocycles. The van der Waals surface area contributed by atoms with Crippen molar-refractivity contribution < 1.29 is 9.59 Å². The van der Waals surface area contributed by atoms with E-state index in [2.05, 4.69) is 10.6 Å². The van der Waals surface area contributed by atoms with Crippen molar-refractivity contribution >= 4 is 17.8 Å². The highest BCUT2D eigenvalue weighted by molar-refractivity contribution is 6.00. The van der Waals surface area contributed by atoms with Crippen molar-refractivity contribution in [1.82, 2.24) is 15.5 Å². The number of likely N-dealkylation sites (tertiary alicyclic amines) is 1. The minimum atomic E-state index is -0.686. The average molecular weight is 374 g/mol. The highest BCUT2D eigenvalue weighted by Gasteiger charge is 2.36. The lowest BCUT2D eigenvalue weighted by Crippen LogP contribution is -2.54. The summed E-state index contributed by atoms with van der Waals surface area (Å²) in [5, 5.41) is 13.2. The van der Waals surface area contributed by atoms with Crippen LogP contribution in [0.3, 0.4) is 0 Å². The quantitative estimate of drug-likeness (QED) is 0.246. The second-order valence-electron chi connectivity index (χ2n) is 6.77. The van der Waals surface area contributed by atoms with Crippen LogP contribution in [0, 0.1) is 5.41 Å². The van der Waals surface area contributed by atoms with E-state index in [1.54, 1.807) is 4.90 Å². The zero-order valence-electron chi connectivity index (χ0n) is 15.6. The summed E-state index contributed by atoms with van der Waals surface area (Å²) in [6.45, 7) is 1.69. The van der Waals surface area contributed by atoms with Crippen molar-refractivity contribution in [2.24, 2.45) is 11.5 Å². The van der Waals surface area contributed by atoms with Gasteiger partial charge in [0, 0.05) is 13.1 Å². The lowest BCUT2D eigenvalue weighted by atomic mass is 10.1. The molecular formula is C19H30N6O2. The minimum Gasteiger partial charge on any atom is -0.356 e. The van der Waals surface area contributed by atoms with Crippen LogP contribution in [-0.4, -0.2) is 54.4 Å². The normalized spacial score (nSPS) is 17.4. The summed E-state index contributed by atoms with van der Waals surface area (Å²) in [7, 11) is 0. The summed E-state index contributed by atoms with van der Waals surface area (Å²) in [6.07, 6.45) is 3.45. The van der Waals surface area contributed by atoms with Crippen LogP contribution < -0.4 is 22.1 Å². The topological polar surface area (TPSA) is 137 Å². The molecule has 1 heterocycles. The number of nitrogens with zero attached hydrogens (tertiary/aromatic N) is 1. The van der Waals surface area contributed by atoms with Gasteiger partial charge in [0.2, 0.25) is 11.8 Å². The van der Waals surface area contributed by atoms with Crippen LogP contribution in [0.2, 0.25) is 0 Å². The van der Waals surface area contributed by atoms with E-state index in [-0.39, 0.29) is 17.8 Å². The molecule has 2 rings (SSSR count). The fourth-order valence-electron chi connectivity index (χ4n) is 3.20. The van der Waals surface area contributed by atoms with E-state index in [1.807, 2.05) is 30.3 Å². The number of amides is 2. The van der Waals surface area contributed by atoms with E-state index >= 15 is 0 Å². The van der Waals surface area contributed by atoms with Gasteiger partial charge < -0.3 is 21.7 Å². The molecule has 1 aliphatic rings. The molecule has 0 saturated carbocycles. The number of rotatable bonds is 8. The highest BCUT2D eigenvalue weighted by Crippen LogP contribution is 2.19. The summed E-state index contributed by atoms with van der Waals surface area (Å²) < 4.78 is 0. The Balaban J connectivity index is 1.86. The molecule has 7 N–H and O–H groups in total. The molecule has 0 unspecified atom stereocenters. The zero-order chi connectivity index (χ0) is 19.6. The SMILES string of the molecule is N=C(NCCCCN)NC(=O)[C@@H]1CCCN1C(=O)[C@H](N)Cc1ccccc1. The molecule has 1 aromatic rings. The summed E-state index contributed by atoms with van der Waals surface area (Å²) in [5.74, 6) is -0.618. The fourth-order valence-corrected chi connectivity index (χ4v) is 3.20. The number of nitrogens with two attached hydrogens (primary N) is 2. The Hall–Kier alpha value is -2.45. The van der Waals surface area contributed by atoms with Gasteiger partial charge in [-0.2, -0.15) is 0 Å². The van der Waals surface area contributed by atoms with Crippen LogP contribution in [0.1, 0.15) is 31.2 Å². The second kappa shape index (κ2) is 10.6. The third-order valence-electron chi connectivity index (χ3n) is 4.64. The number of hydrogen-bond acceptors (Lipinski definition) is 5. The van der Waals surface area contributed by atoms with Gasteiger partial charge in [-0.25, -0.2) is 0 Å². The van der Waals surface area contributed by atoms with Crippen LogP contribution in [0.4, 0.5) is 0 Å². The average Bonchev–Trinajstić information content (AvgIpc) is 3.15. The molecule has 2 atom stereocenters. The molecule has 8 nitrogen and oxygen atoms in total. The van der Waals surface area contributed by atoms with E-state index in [9.17, 15) is 9.59 Å². The maximum absolute atomic E-state index is 12.7. The summed E-state index contributed by atoms with van der Waals surface area (Å²) in [5.41, 5.74) is 12.5. The number of carbonyl (C=O) groups excluding carboxylic acids is 2. The van der Waals surface area contributed by atoms with Gasteiger partial charge in [-0.1, -0.05) is 30.3 Å². The molecule has 1 saturated heterocycles. The molecule has 2 amide bonds. The molecule has 148 valence electrons. The molecule has 1 aromatic carbocycles. The van der Waals surface area contributed by atoms with Crippen molar-refractivity contribution in [2.75, 3.05) is 19.6 Å². The predicted molar refractivity (Wildman–Crippen MR) is 105 cm³/mol. The first-order valence-electron chi connectivity index (χ1n) is 9.46. The molecule has 1 aliphatic heterocycles. The van der Waals surface area contributed by atoms with Gasteiger partial charge >= 0.3 is 0 Å². The van der Waals surface area contributed by atoms with Gasteiger partial charge in [0.25, 0.3) is 0 Å². The number of nitrogens with one attached hydrogen (secondary N) is 3. The first-order valence-corrected chi connectivity index (χ1v) is 9.46. The molecular weight excluding hydrogens is 344 g/mol. The summed E-state index contributed by atoms with van der Waals surface area (Å²) >= 11 is 0. The smallest absolute Gasteiger partial charge is 0.249 e. The van der Waals surface area contributed by atoms with Crippen LogP contribution >= 0.6 is 0 Å². The minimum absolute atomic E-state index is 0.0510. The molecule has 1 fully saturated rings. The van der Waals surface area contributed by atoms with Crippen LogP contribution in [0.15, 0.2) is 30.3 Å². The van der Waals surface area contributed by atoms with Gasteiger partial charge in [-0.15, -0.1) is 0 Å². The largest absolute Gasteiger partial charge is 0.356 e. The summed E-state index contributed by atoms with van der Waals surface area (Å²) in [6, 6.07) is 8.32. The van der Waals surface area contributed by atoms with Crippen LogP contribution in [0.5, 0.6) is 0 Å². The number of unbranched alkanes of at least 4 members (excludes halogenated alkanes) is 1. The van der Waals surface area contributed by atoms with Crippen molar-refractivity contribution in [3.63, 3.8) is 0 Å². The number of carbonyl (C=O) groups is 2. The second-order valence-corrected chi connectivity index (χ2v) is 6.77. The number of hydrogen-bond donors (Lipinski definition) is 5. The first kappa shape index (κ1) is 20.9. The summed E-state index contributed by atoms with van der Waals surface area (Å²) in [4.78, 5) is 26.8. The van der Waals surface area contributed by atoms with Gasteiger partial charge in [-0.05, 0) is 44.2 Å². The lowest BCUT2D eigenvalue weighted by Gasteiger charge is -2.27. The maximum Gasteiger partial charge on any atom is 0.249 e. The predicted octanol–water partition coefficient (Wildman–Crippen LogP) is -0.0731. The van der Waals surface area contributed by atoms with E-state index in [4.69, 9.17) is 16.9 Å². The van der Waals surface area contributed by atoms with E-state index in [0.29, 0.717) is 32.5 Å². The van der Waals surface area contributed by atoms with Crippen molar-refractivity contribution in [2.45, 2.75) is 44.2 Å². The van der Waals surface area contributed by atoms with Crippen LogP contribution in [-0.2, 0) is 16.0 Å². The Labute approximate surface area is 160 Å². The van der Waals surface area contributed by atoms with Gasteiger partial charge in [0.05, 0.1) is 6.04 Å². The lowest BCUT2D eigenvalue weighted by molar-refractivity contribution is -0.138. The van der Waals surface area contributed by atoms with Crippen LogP contribution in [0.25, 0.3) is 0 Å². The van der Waals surface area contributed by atoms with Gasteiger partial charge in [0.1, 0.15) is 6.04 Å².